The number of rotatable bonds is 22. The minimum atomic E-state index is 0.946. The molecule has 0 fully saturated rings. The summed E-state index contributed by atoms with van der Waals surface area (Å²) in [5.41, 5.74) is 29.2. The lowest BCUT2D eigenvalue weighted by atomic mass is 9.92. The predicted octanol–water partition coefficient (Wildman–Crippen LogP) is 23.6. The molecule has 0 unspecified atom stereocenters. The molecular weight excluding hydrogens is 1040 g/mol. The number of aryl methyl sites for hydroxylation is 7. The maximum absolute atomic E-state index is 3.37. The van der Waals surface area contributed by atoms with Gasteiger partial charge in [-0.1, -0.05) is 293 Å². The highest BCUT2D eigenvalue weighted by atomic mass is 14.2. The highest BCUT2D eigenvalue weighted by molar-refractivity contribution is 5.79. The molecule has 0 amide bonds. The van der Waals surface area contributed by atoms with Crippen molar-refractivity contribution < 1.29 is 0 Å². The quantitative estimate of drug-likeness (QED) is 0.0469. The molecule has 10 aromatic carbocycles. The van der Waals surface area contributed by atoms with Crippen molar-refractivity contribution in [3.63, 3.8) is 0 Å². The molecular formula is C87H90. The van der Waals surface area contributed by atoms with Crippen molar-refractivity contribution in [1.29, 1.82) is 0 Å². The van der Waals surface area contributed by atoms with Crippen molar-refractivity contribution in [3.05, 3.63) is 286 Å². The molecule has 0 saturated heterocycles. The van der Waals surface area contributed by atoms with E-state index in [0.29, 0.717) is 0 Å². The molecule has 0 atom stereocenters. The predicted molar refractivity (Wildman–Crippen MR) is 378 cm³/mol. The summed E-state index contributed by atoms with van der Waals surface area (Å²) in [6.07, 6.45) is 18.9. The van der Waals surface area contributed by atoms with E-state index in [0.717, 1.165) is 60.8 Å². The zero-order valence-corrected chi connectivity index (χ0v) is 53.2. The molecule has 0 radical (unpaired) electrons. The zero-order chi connectivity index (χ0) is 60.6. The van der Waals surface area contributed by atoms with Gasteiger partial charge in [-0.05, 0) is 212 Å². The Kier molecular flexibility index (Phi) is 23.6. The number of unbranched alkanes of at least 4 members (excludes halogenated alkanes) is 5. The smallest absolute Gasteiger partial charge is 0.0281 e. The molecule has 0 aliphatic rings. The van der Waals surface area contributed by atoms with Gasteiger partial charge >= 0.3 is 0 Å². The highest BCUT2D eigenvalue weighted by Crippen LogP contribution is 2.34. The topological polar surface area (TPSA) is 0 Å². The fourth-order valence-electron chi connectivity index (χ4n) is 11.6. The van der Waals surface area contributed by atoms with Crippen molar-refractivity contribution >= 4 is 0 Å². The van der Waals surface area contributed by atoms with Gasteiger partial charge in [0.15, 0.2) is 0 Å². The first-order valence-electron chi connectivity index (χ1n) is 32.9. The van der Waals surface area contributed by atoms with Gasteiger partial charge in [0.2, 0.25) is 0 Å². The minimum absolute atomic E-state index is 0.946. The van der Waals surface area contributed by atoms with Crippen molar-refractivity contribution in [2.45, 2.75) is 151 Å². The Hall–Kier alpha value is -8.68. The van der Waals surface area contributed by atoms with E-state index >= 15 is 0 Å². The van der Waals surface area contributed by atoms with Gasteiger partial charge in [0.05, 0.1) is 0 Å². The maximum atomic E-state index is 3.37. The van der Waals surface area contributed by atoms with Gasteiger partial charge < -0.3 is 0 Å². The third-order valence-electron chi connectivity index (χ3n) is 17.1. The van der Waals surface area contributed by atoms with E-state index in [1.165, 1.54) is 170 Å². The molecule has 0 aromatic heterocycles. The van der Waals surface area contributed by atoms with E-state index in [1.54, 1.807) is 0 Å². The monoisotopic (exact) mass is 1130 g/mol. The summed E-state index contributed by atoms with van der Waals surface area (Å²) in [6.45, 7) is 15.7. The van der Waals surface area contributed by atoms with Gasteiger partial charge in [-0.3, -0.25) is 0 Å². The van der Waals surface area contributed by atoms with Gasteiger partial charge in [-0.15, -0.1) is 0 Å². The Morgan fingerprint density at radius 2 is 0.540 bits per heavy atom. The fraction of sp³-hybridized carbons (Fsp3) is 0.264. The van der Waals surface area contributed by atoms with Crippen LogP contribution < -0.4 is 0 Å². The van der Waals surface area contributed by atoms with Crippen LogP contribution in [-0.2, 0) is 44.9 Å². The zero-order valence-electron chi connectivity index (χ0n) is 53.2. The van der Waals surface area contributed by atoms with E-state index in [1.807, 2.05) is 0 Å². The van der Waals surface area contributed by atoms with Gasteiger partial charge in [0, 0.05) is 22.3 Å². The van der Waals surface area contributed by atoms with Crippen molar-refractivity contribution in [1.82, 2.24) is 0 Å². The van der Waals surface area contributed by atoms with Crippen LogP contribution in [0, 0.1) is 23.7 Å². The van der Waals surface area contributed by atoms with Crippen LogP contribution in [0.4, 0.5) is 0 Å². The van der Waals surface area contributed by atoms with Crippen molar-refractivity contribution in [2.75, 3.05) is 0 Å². The van der Waals surface area contributed by atoms with E-state index < -0.39 is 0 Å². The molecule has 0 heterocycles. The molecule has 0 nitrogen and oxygen atoms in total. The van der Waals surface area contributed by atoms with Crippen LogP contribution in [0.5, 0.6) is 0 Å². The fourth-order valence-corrected chi connectivity index (χ4v) is 11.6. The maximum Gasteiger partial charge on any atom is 0.0281 e. The standard InChI is InChI=1S/C54H54.C33H36/c1-5-9-11-39-13-17-49(18-14-39)53-35-33-51(37-41(53)7-3)47-29-25-45(26-30-47)43-21-23-44(24-22-43)46-27-31-48(32-28-46)52-34-36-54(42(8-4)38-52)50-19-15-40(16-20-50)12-10-6-2;1-4-7-8-9-11-28-14-18-29(19-15-28)20-21-31-23-25-33(32(6-3)26-31)24-22-30-16-12-27(10-5-2)13-17-30/h13-38H,5-12H2,1-4H3;12-19,23,25-26H,4-11H2,1-3H3. The minimum Gasteiger partial charge on any atom is -0.0654 e. The van der Waals surface area contributed by atoms with Crippen LogP contribution in [0.25, 0.3) is 66.8 Å². The summed E-state index contributed by atoms with van der Waals surface area (Å²) >= 11 is 0. The largest absolute Gasteiger partial charge is 0.0654 e. The molecule has 0 aliphatic heterocycles. The van der Waals surface area contributed by atoms with Crippen LogP contribution in [-0.4, -0.2) is 0 Å². The second-order valence-electron chi connectivity index (χ2n) is 23.5. The van der Waals surface area contributed by atoms with E-state index in [-0.39, 0.29) is 0 Å². The highest BCUT2D eigenvalue weighted by Gasteiger charge is 2.11. The molecule has 10 aromatic rings. The van der Waals surface area contributed by atoms with Gasteiger partial charge in [-0.2, -0.15) is 0 Å². The third-order valence-corrected chi connectivity index (χ3v) is 17.1. The summed E-state index contributed by atoms with van der Waals surface area (Å²) in [5.74, 6) is 13.3. The summed E-state index contributed by atoms with van der Waals surface area (Å²) in [7, 11) is 0. The molecule has 0 heteroatoms. The van der Waals surface area contributed by atoms with Gasteiger partial charge in [-0.25, -0.2) is 0 Å². The van der Waals surface area contributed by atoms with Crippen LogP contribution >= 0.6 is 0 Å². The van der Waals surface area contributed by atoms with Crippen LogP contribution in [0.1, 0.15) is 167 Å². The molecule has 10 rings (SSSR count). The first-order valence-corrected chi connectivity index (χ1v) is 32.9. The molecule has 0 spiro atoms. The Morgan fingerprint density at radius 1 is 0.218 bits per heavy atom. The van der Waals surface area contributed by atoms with E-state index in [4.69, 9.17) is 0 Å². The van der Waals surface area contributed by atoms with Crippen molar-refractivity contribution in [3.8, 4) is 90.4 Å². The Morgan fingerprint density at radius 3 is 0.931 bits per heavy atom. The lowest BCUT2D eigenvalue weighted by molar-refractivity contribution is 0.667. The Bertz CT molecular complexity index is 3700. The second-order valence-corrected chi connectivity index (χ2v) is 23.5. The van der Waals surface area contributed by atoms with E-state index in [9.17, 15) is 0 Å². The molecule has 87 heavy (non-hydrogen) atoms. The Balaban J connectivity index is 0.000000234. The third kappa shape index (κ3) is 17.7. The Labute approximate surface area is 524 Å². The number of benzene rings is 10. The normalized spacial score (nSPS) is 10.8. The lowest BCUT2D eigenvalue weighted by Gasteiger charge is -2.13. The van der Waals surface area contributed by atoms with Crippen LogP contribution in [0.2, 0.25) is 0 Å². The second kappa shape index (κ2) is 32.7. The van der Waals surface area contributed by atoms with Crippen molar-refractivity contribution in [2.24, 2.45) is 0 Å². The van der Waals surface area contributed by atoms with Gasteiger partial charge in [0.25, 0.3) is 0 Å². The molecule has 0 N–H and O–H groups in total. The van der Waals surface area contributed by atoms with E-state index in [2.05, 4.69) is 297 Å². The molecule has 438 valence electrons. The van der Waals surface area contributed by atoms with Crippen LogP contribution in [0.3, 0.4) is 0 Å². The first kappa shape index (κ1) is 62.8. The summed E-state index contributed by atoms with van der Waals surface area (Å²) in [6, 6.07) is 83.1. The van der Waals surface area contributed by atoms with Gasteiger partial charge in [0.1, 0.15) is 0 Å². The summed E-state index contributed by atoms with van der Waals surface area (Å²) in [5, 5.41) is 0. The summed E-state index contributed by atoms with van der Waals surface area (Å²) < 4.78 is 0. The molecule has 0 saturated carbocycles. The SMILES string of the molecule is CCCCCCc1ccc(C#Cc2ccc(C#Cc3ccc(CCC)cc3)c(CC)c2)cc1.CCCCc1ccc(-c2ccc(-c3ccc(-c4ccc(-c5ccc(-c6ccc(-c7ccc(CCCC)cc7)c(CC)c6)cc5)cc4)cc3)cc2CC)cc1. The average molecular weight is 1140 g/mol. The van der Waals surface area contributed by atoms with Crippen LogP contribution in [0.15, 0.2) is 224 Å². The first-order chi connectivity index (χ1) is 42.8. The lowest BCUT2D eigenvalue weighted by Crippen LogP contribution is -1.91. The number of hydrogen-bond donors (Lipinski definition) is 0. The summed E-state index contributed by atoms with van der Waals surface area (Å²) in [4.78, 5) is 0. The number of hydrogen-bond acceptors (Lipinski definition) is 0. The molecule has 0 bridgehead atoms. The molecule has 0 aliphatic carbocycles. The average Bonchev–Trinajstić information content (AvgIpc) is 3.62.